The number of halogens is 2. The molecule has 0 saturated heterocycles. The largest absolute Gasteiger partial charge is 0.350 e. The van der Waals surface area contributed by atoms with E-state index in [1.807, 2.05) is 24.3 Å². The minimum Gasteiger partial charge on any atom is -0.350 e. The van der Waals surface area contributed by atoms with Crippen LogP contribution in [0, 0.1) is 0 Å². The third-order valence-corrected chi connectivity index (χ3v) is 6.59. The first-order chi connectivity index (χ1) is 12.7. The van der Waals surface area contributed by atoms with Crippen LogP contribution in [0.5, 0.6) is 0 Å². The van der Waals surface area contributed by atoms with Crippen LogP contribution in [-0.2, 0) is 13.0 Å². The molecule has 0 spiro atoms. The summed E-state index contributed by atoms with van der Waals surface area (Å²) in [6, 6.07) is 14.4. The number of nitrogens with zero attached hydrogens (tertiary/aromatic N) is 1. The van der Waals surface area contributed by atoms with Gasteiger partial charge in [0, 0.05) is 34.1 Å². The van der Waals surface area contributed by atoms with Crippen LogP contribution in [-0.4, -0.2) is 37.5 Å². The van der Waals surface area contributed by atoms with Crippen molar-refractivity contribution in [3.63, 3.8) is 0 Å². The zero-order valence-electron chi connectivity index (χ0n) is 15.8. The Kier molecular flexibility index (Phi) is 11.0. The lowest BCUT2D eigenvalue weighted by Crippen LogP contribution is -2.33. The van der Waals surface area contributed by atoms with Crippen LogP contribution < -0.4 is 11.1 Å². The van der Waals surface area contributed by atoms with Crippen LogP contribution >= 0.6 is 47.5 Å². The molecule has 3 aromatic rings. The highest BCUT2D eigenvalue weighted by Gasteiger charge is 2.10. The number of thiophene rings is 2. The Morgan fingerprint density at radius 2 is 1.82 bits per heavy atom. The molecule has 0 aliphatic heterocycles. The van der Waals surface area contributed by atoms with Crippen molar-refractivity contribution in [1.82, 2.24) is 10.2 Å². The number of carbonyl (C=O) groups excluding carboxylic acids is 1. The van der Waals surface area contributed by atoms with Gasteiger partial charge in [0.25, 0.3) is 5.91 Å². The zero-order chi connectivity index (χ0) is 18.4. The monoisotopic (exact) mass is 459 g/mol. The second-order valence-electron chi connectivity index (χ2n) is 6.38. The van der Waals surface area contributed by atoms with E-state index in [9.17, 15) is 4.79 Å². The van der Waals surface area contributed by atoms with Crippen molar-refractivity contribution in [1.29, 1.82) is 0 Å². The average Bonchev–Trinajstić information content (AvgIpc) is 3.28. The molecule has 1 aromatic carbocycles. The molecule has 2 aromatic heterocycles. The first-order valence-electron chi connectivity index (χ1n) is 8.88. The van der Waals surface area contributed by atoms with E-state index < -0.39 is 0 Å². The first kappa shape index (κ1) is 24.9. The normalized spacial score (nSPS) is 10.5. The third kappa shape index (κ3) is 7.03. The molecule has 1 amide bonds. The fourth-order valence-corrected chi connectivity index (χ4v) is 4.76. The predicted molar refractivity (Wildman–Crippen MR) is 127 cm³/mol. The molecular formula is C20H27Cl2N3OS2. The van der Waals surface area contributed by atoms with Crippen molar-refractivity contribution in [3.8, 4) is 0 Å². The van der Waals surface area contributed by atoms with Crippen molar-refractivity contribution >= 4 is 63.5 Å². The predicted octanol–water partition coefficient (Wildman–Crippen LogP) is 4.56. The lowest BCUT2D eigenvalue weighted by Gasteiger charge is -2.16. The van der Waals surface area contributed by atoms with Gasteiger partial charge < -0.3 is 16.0 Å². The number of hydrogen-bond donors (Lipinski definition) is 2. The van der Waals surface area contributed by atoms with Gasteiger partial charge in [-0.1, -0.05) is 18.2 Å². The topological polar surface area (TPSA) is 58.4 Å². The minimum absolute atomic E-state index is 0. The van der Waals surface area contributed by atoms with Gasteiger partial charge in [0.1, 0.15) is 0 Å². The number of amides is 1. The molecule has 0 fully saturated rings. The second kappa shape index (κ2) is 12.4. The summed E-state index contributed by atoms with van der Waals surface area (Å²) in [6.07, 6.45) is 2.20. The van der Waals surface area contributed by atoms with E-state index >= 15 is 0 Å². The number of carbonyl (C=O) groups is 1. The summed E-state index contributed by atoms with van der Waals surface area (Å²) >= 11 is 3.35. The average molecular weight is 460 g/mol. The SMILES string of the molecule is CN(CCCc1ccc(CN)s1)CCNC(=O)c1cc2ccccc2s1.Cl.Cl. The van der Waals surface area contributed by atoms with E-state index in [1.54, 1.807) is 22.7 Å². The van der Waals surface area contributed by atoms with Crippen molar-refractivity contribution in [2.24, 2.45) is 5.73 Å². The van der Waals surface area contributed by atoms with Crippen LogP contribution in [0.15, 0.2) is 42.5 Å². The van der Waals surface area contributed by atoms with Gasteiger partial charge in [-0.2, -0.15) is 0 Å². The van der Waals surface area contributed by atoms with Gasteiger partial charge in [-0.05, 0) is 56.1 Å². The molecule has 0 saturated carbocycles. The Bertz CT molecular complexity index is 833. The van der Waals surface area contributed by atoms with Gasteiger partial charge in [0.2, 0.25) is 0 Å². The smallest absolute Gasteiger partial charge is 0.261 e. The zero-order valence-corrected chi connectivity index (χ0v) is 19.1. The molecule has 3 N–H and O–H groups in total. The Morgan fingerprint density at radius 3 is 2.54 bits per heavy atom. The van der Waals surface area contributed by atoms with Crippen molar-refractivity contribution < 1.29 is 4.79 Å². The number of rotatable bonds is 9. The highest BCUT2D eigenvalue weighted by molar-refractivity contribution is 7.20. The number of nitrogens with one attached hydrogen (secondary N) is 1. The molecule has 0 aliphatic rings. The maximum absolute atomic E-state index is 12.3. The number of hydrogen-bond acceptors (Lipinski definition) is 5. The van der Waals surface area contributed by atoms with Gasteiger partial charge in [0.05, 0.1) is 4.88 Å². The minimum atomic E-state index is 0. The summed E-state index contributed by atoms with van der Waals surface area (Å²) in [5, 5.41) is 4.16. The van der Waals surface area contributed by atoms with E-state index in [1.165, 1.54) is 9.75 Å². The van der Waals surface area contributed by atoms with Gasteiger partial charge in [0.15, 0.2) is 0 Å². The van der Waals surface area contributed by atoms with E-state index in [0.717, 1.165) is 40.9 Å². The Morgan fingerprint density at radius 1 is 1.07 bits per heavy atom. The molecule has 0 unspecified atom stereocenters. The van der Waals surface area contributed by atoms with Crippen LogP contribution in [0.4, 0.5) is 0 Å². The Balaban J connectivity index is 0.00000196. The lowest BCUT2D eigenvalue weighted by molar-refractivity contribution is 0.0954. The number of benzene rings is 1. The lowest BCUT2D eigenvalue weighted by atomic mass is 10.2. The van der Waals surface area contributed by atoms with Crippen molar-refractivity contribution in [3.05, 3.63) is 57.1 Å². The fraction of sp³-hybridized carbons (Fsp3) is 0.350. The highest BCUT2D eigenvalue weighted by Crippen LogP contribution is 2.25. The molecular weight excluding hydrogens is 433 g/mol. The van der Waals surface area contributed by atoms with Crippen LogP contribution in [0.2, 0.25) is 0 Å². The molecule has 154 valence electrons. The summed E-state index contributed by atoms with van der Waals surface area (Å²) < 4.78 is 1.15. The van der Waals surface area contributed by atoms with E-state index in [4.69, 9.17) is 5.73 Å². The number of likely N-dealkylation sites (N-methyl/N-ethyl adjacent to an activating group) is 1. The first-order valence-corrected chi connectivity index (χ1v) is 10.5. The van der Waals surface area contributed by atoms with Crippen molar-refractivity contribution in [2.45, 2.75) is 19.4 Å². The highest BCUT2D eigenvalue weighted by atomic mass is 35.5. The third-order valence-electron chi connectivity index (χ3n) is 4.31. The molecule has 0 aliphatic carbocycles. The van der Waals surface area contributed by atoms with Crippen LogP contribution in [0.1, 0.15) is 25.8 Å². The summed E-state index contributed by atoms with van der Waals surface area (Å²) in [5.41, 5.74) is 5.65. The van der Waals surface area contributed by atoms with Gasteiger partial charge in [-0.25, -0.2) is 0 Å². The molecule has 0 atom stereocenters. The summed E-state index contributed by atoms with van der Waals surface area (Å²) in [4.78, 5) is 18.0. The quantitative estimate of drug-likeness (QED) is 0.492. The van der Waals surface area contributed by atoms with E-state index in [-0.39, 0.29) is 30.7 Å². The number of fused-ring (bicyclic) bond motifs is 1. The maximum Gasteiger partial charge on any atom is 0.261 e. The second-order valence-corrected chi connectivity index (χ2v) is 8.72. The fourth-order valence-electron chi connectivity index (χ4n) is 2.84. The Hall–Kier alpha value is -1.15. The molecule has 28 heavy (non-hydrogen) atoms. The molecule has 8 heteroatoms. The summed E-state index contributed by atoms with van der Waals surface area (Å²) in [5.74, 6) is 0.0208. The van der Waals surface area contributed by atoms with E-state index in [0.29, 0.717) is 13.1 Å². The number of aryl methyl sites for hydroxylation is 1. The van der Waals surface area contributed by atoms with E-state index in [2.05, 4.69) is 35.5 Å². The standard InChI is InChI=1S/C20H25N3OS2.2ClH/c1-23(11-4-6-16-8-9-17(14-21)25-16)12-10-22-20(24)19-13-15-5-2-3-7-18(15)26-19;;/h2-3,5,7-9,13H,4,6,10-12,14,21H2,1H3,(H,22,24);2*1H. The molecule has 0 bridgehead atoms. The van der Waals surface area contributed by atoms with Crippen LogP contribution in [0.25, 0.3) is 10.1 Å². The summed E-state index contributed by atoms with van der Waals surface area (Å²) in [7, 11) is 2.10. The maximum atomic E-state index is 12.3. The Labute approximate surface area is 186 Å². The van der Waals surface area contributed by atoms with Crippen LogP contribution in [0.3, 0.4) is 0 Å². The molecule has 3 rings (SSSR count). The summed E-state index contributed by atoms with van der Waals surface area (Å²) in [6.45, 7) is 3.17. The van der Waals surface area contributed by atoms with Gasteiger partial charge >= 0.3 is 0 Å². The number of nitrogens with two attached hydrogens (primary N) is 1. The molecule has 2 heterocycles. The molecule has 0 radical (unpaired) electrons. The molecule has 4 nitrogen and oxygen atoms in total. The van der Waals surface area contributed by atoms with Gasteiger partial charge in [-0.15, -0.1) is 47.5 Å². The van der Waals surface area contributed by atoms with Crippen molar-refractivity contribution in [2.75, 3.05) is 26.7 Å². The van der Waals surface area contributed by atoms with Gasteiger partial charge in [-0.3, -0.25) is 4.79 Å².